The van der Waals surface area contributed by atoms with Gasteiger partial charge in [-0.2, -0.15) is 11.8 Å². The first-order valence-electron chi connectivity index (χ1n) is 6.11. The first kappa shape index (κ1) is 13.7. The van der Waals surface area contributed by atoms with Gasteiger partial charge < -0.3 is 10.6 Å². The number of carbonyl (C=O) groups is 1. The molecule has 2 N–H and O–H groups in total. The third-order valence-corrected chi connectivity index (χ3v) is 4.40. The molecule has 0 aliphatic carbocycles. The number of amides is 1. The van der Waals surface area contributed by atoms with Crippen LogP contribution < -0.4 is 10.6 Å². The van der Waals surface area contributed by atoms with Crippen molar-refractivity contribution in [2.45, 2.75) is 18.9 Å². The van der Waals surface area contributed by atoms with Gasteiger partial charge in [-0.15, -0.1) is 0 Å². The van der Waals surface area contributed by atoms with Gasteiger partial charge in [0.1, 0.15) is 0 Å². The number of thioether (sulfide) groups is 1. The standard InChI is InChI=1S/C13H17ClN2OS/c14-11-5-1-2-6-12(11)16-13(17)8-15-10-4-3-7-18-9-10/h1-2,5-6,10,15H,3-4,7-9H2,(H,16,17). The predicted octanol–water partition coefficient (Wildman–Crippen LogP) is 2.76. The molecule has 1 aliphatic heterocycles. The maximum atomic E-state index is 11.8. The van der Waals surface area contributed by atoms with E-state index >= 15 is 0 Å². The summed E-state index contributed by atoms with van der Waals surface area (Å²) in [6.45, 7) is 0.344. The number of rotatable bonds is 4. The quantitative estimate of drug-likeness (QED) is 0.893. The zero-order valence-corrected chi connectivity index (χ0v) is 11.7. The molecule has 0 aromatic heterocycles. The van der Waals surface area contributed by atoms with Crippen molar-refractivity contribution in [2.24, 2.45) is 0 Å². The Kier molecular flexibility index (Phi) is 5.35. The zero-order chi connectivity index (χ0) is 12.8. The SMILES string of the molecule is O=C(CNC1CCCSC1)Nc1ccccc1Cl. The topological polar surface area (TPSA) is 41.1 Å². The number of anilines is 1. The Labute approximate surface area is 117 Å². The molecule has 0 spiro atoms. The Bertz CT molecular complexity index is 408. The van der Waals surface area contributed by atoms with Crippen LogP contribution in [0.5, 0.6) is 0 Å². The van der Waals surface area contributed by atoms with E-state index in [1.54, 1.807) is 12.1 Å². The highest BCUT2D eigenvalue weighted by atomic mass is 35.5. The summed E-state index contributed by atoms with van der Waals surface area (Å²) in [7, 11) is 0. The lowest BCUT2D eigenvalue weighted by atomic mass is 10.2. The summed E-state index contributed by atoms with van der Waals surface area (Å²) in [5.74, 6) is 2.29. The molecule has 18 heavy (non-hydrogen) atoms. The number of nitrogens with one attached hydrogen (secondary N) is 2. The van der Waals surface area contributed by atoms with Gasteiger partial charge in [0, 0.05) is 11.8 Å². The highest BCUT2D eigenvalue weighted by Gasteiger charge is 2.14. The summed E-state index contributed by atoms with van der Waals surface area (Å²) in [5.41, 5.74) is 0.670. The second-order valence-corrected chi connectivity index (χ2v) is 5.88. The molecule has 1 saturated heterocycles. The minimum Gasteiger partial charge on any atom is -0.324 e. The van der Waals surface area contributed by atoms with Crippen LogP contribution in [0.3, 0.4) is 0 Å². The van der Waals surface area contributed by atoms with Gasteiger partial charge in [-0.05, 0) is 30.7 Å². The lowest BCUT2D eigenvalue weighted by Crippen LogP contribution is -2.39. The molecule has 1 aromatic carbocycles. The van der Waals surface area contributed by atoms with Crippen molar-refractivity contribution in [3.05, 3.63) is 29.3 Å². The van der Waals surface area contributed by atoms with E-state index in [-0.39, 0.29) is 5.91 Å². The van der Waals surface area contributed by atoms with Gasteiger partial charge in [0.05, 0.1) is 17.3 Å². The number of halogens is 1. The summed E-state index contributed by atoms with van der Waals surface area (Å²) >= 11 is 7.92. The number of carbonyl (C=O) groups excluding carboxylic acids is 1. The van der Waals surface area contributed by atoms with Gasteiger partial charge >= 0.3 is 0 Å². The third-order valence-electron chi connectivity index (χ3n) is 2.86. The second-order valence-electron chi connectivity index (χ2n) is 4.32. The molecule has 1 heterocycles. The molecule has 0 radical (unpaired) electrons. The van der Waals surface area contributed by atoms with Crippen LogP contribution in [0, 0.1) is 0 Å². The minimum absolute atomic E-state index is 0.0429. The van der Waals surface area contributed by atoms with Crippen LogP contribution in [0.4, 0.5) is 5.69 Å². The van der Waals surface area contributed by atoms with Crippen LogP contribution in [0.2, 0.25) is 5.02 Å². The van der Waals surface area contributed by atoms with Crippen molar-refractivity contribution in [3.63, 3.8) is 0 Å². The van der Waals surface area contributed by atoms with Gasteiger partial charge in [-0.25, -0.2) is 0 Å². The molecule has 3 nitrogen and oxygen atoms in total. The zero-order valence-electron chi connectivity index (χ0n) is 10.1. The first-order valence-corrected chi connectivity index (χ1v) is 7.64. The number of hydrogen-bond donors (Lipinski definition) is 2. The van der Waals surface area contributed by atoms with Crippen molar-refractivity contribution in [2.75, 3.05) is 23.4 Å². The van der Waals surface area contributed by atoms with Crippen LogP contribution in [-0.4, -0.2) is 30.0 Å². The highest BCUT2D eigenvalue weighted by molar-refractivity contribution is 7.99. The van der Waals surface area contributed by atoms with E-state index in [0.717, 1.165) is 12.2 Å². The molecule has 1 fully saturated rings. The van der Waals surface area contributed by atoms with E-state index in [4.69, 9.17) is 11.6 Å². The van der Waals surface area contributed by atoms with Gasteiger partial charge in [0.2, 0.25) is 5.91 Å². The average molecular weight is 285 g/mol. The van der Waals surface area contributed by atoms with Crippen molar-refractivity contribution < 1.29 is 4.79 Å². The van der Waals surface area contributed by atoms with Crippen LogP contribution in [0.15, 0.2) is 24.3 Å². The van der Waals surface area contributed by atoms with Crippen molar-refractivity contribution >= 4 is 35.0 Å². The van der Waals surface area contributed by atoms with Gasteiger partial charge in [-0.3, -0.25) is 4.79 Å². The summed E-state index contributed by atoms with van der Waals surface area (Å²) in [5, 5.41) is 6.66. The monoisotopic (exact) mass is 284 g/mol. The molecule has 1 aliphatic rings. The predicted molar refractivity (Wildman–Crippen MR) is 78.4 cm³/mol. The van der Waals surface area contributed by atoms with E-state index in [0.29, 0.717) is 23.3 Å². The molecule has 5 heteroatoms. The van der Waals surface area contributed by atoms with E-state index in [9.17, 15) is 4.79 Å². The molecule has 0 saturated carbocycles. The molecule has 98 valence electrons. The second kappa shape index (κ2) is 7.02. The molecule has 1 unspecified atom stereocenters. The summed E-state index contributed by atoms with van der Waals surface area (Å²) in [4.78, 5) is 11.8. The lowest BCUT2D eigenvalue weighted by molar-refractivity contribution is -0.115. The van der Waals surface area contributed by atoms with Gasteiger partial charge in [0.15, 0.2) is 0 Å². The van der Waals surface area contributed by atoms with Crippen LogP contribution in [0.1, 0.15) is 12.8 Å². The molecule has 0 bridgehead atoms. The van der Waals surface area contributed by atoms with E-state index in [2.05, 4.69) is 10.6 Å². The van der Waals surface area contributed by atoms with Crippen molar-refractivity contribution in [3.8, 4) is 0 Å². The molecule has 1 atom stereocenters. The molecule has 1 aromatic rings. The number of para-hydroxylation sites is 1. The van der Waals surface area contributed by atoms with E-state index in [1.807, 2.05) is 23.9 Å². The Balaban J connectivity index is 1.76. The molecular formula is C13H17ClN2OS. The fourth-order valence-corrected chi connectivity index (χ4v) is 3.19. The Morgan fingerprint density at radius 3 is 3.00 bits per heavy atom. The maximum absolute atomic E-state index is 11.8. The van der Waals surface area contributed by atoms with Gasteiger partial charge in [-0.1, -0.05) is 23.7 Å². The molecular weight excluding hydrogens is 268 g/mol. The summed E-state index contributed by atoms with van der Waals surface area (Å²) < 4.78 is 0. The van der Waals surface area contributed by atoms with Crippen molar-refractivity contribution in [1.29, 1.82) is 0 Å². The molecule has 1 amide bonds. The lowest BCUT2D eigenvalue weighted by Gasteiger charge is -2.22. The number of hydrogen-bond acceptors (Lipinski definition) is 3. The first-order chi connectivity index (χ1) is 8.75. The minimum atomic E-state index is -0.0429. The highest BCUT2D eigenvalue weighted by Crippen LogP contribution is 2.20. The summed E-state index contributed by atoms with van der Waals surface area (Å²) in [6.07, 6.45) is 2.39. The fourth-order valence-electron chi connectivity index (χ4n) is 1.90. The Hall–Kier alpha value is -0.710. The van der Waals surface area contributed by atoms with Crippen LogP contribution >= 0.6 is 23.4 Å². The maximum Gasteiger partial charge on any atom is 0.238 e. The van der Waals surface area contributed by atoms with Crippen molar-refractivity contribution in [1.82, 2.24) is 5.32 Å². The van der Waals surface area contributed by atoms with Crippen LogP contribution in [0.25, 0.3) is 0 Å². The van der Waals surface area contributed by atoms with Gasteiger partial charge in [0.25, 0.3) is 0 Å². The Morgan fingerprint density at radius 1 is 1.44 bits per heavy atom. The summed E-state index contributed by atoms with van der Waals surface area (Å²) in [6, 6.07) is 7.72. The fraction of sp³-hybridized carbons (Fsp3) is 0.462. The Morgan fingerprint density at radius 2 is 2.28 bits per heavy atom. The average Bonchev–Trinajstić information content (AvgIpc) is 2.40. The third kappa shape index (κ3) is 4.19. The number of benzene rings is 1. The largest absolute Gasteiger partial charge is 0.324 e. The van der Waals surface area contributed by atoms with E-state index in [1.165, 1.54) is 12.2 Å². The smallest absolute Gasteiger partial charge is 0.238 e. The normalized spacial score (nSPS) is 19.5. The van der Waals surface area contributed by atoms with Crippen LogP contribution in [-0.2, 0) is 4.79 Å². The molecule has 2 rings (SSSR count). The van der Waals surface area contributed by atoms with E-state index < -0.39 is 0 Å².